The monoisotopic (exact) mass is 390 g/mol. The van der Waals surface area contributed by atoms with E-state index in [9.17, 15) is 14.4 Å². The summed E-state index contributed by atoms with van der Waals surface area (Å²) < 4.78 is 15.9. The highest BCUT2D eigenvalue weighted by Crippen LogP contribution is 2.31. The van der Waals surface area contributed by atoms with Crippen molar-refractivity contribution in [2.24, 2.45) is 0 Å². The molecule has 0 aliphatic carbocycles. The molecule has 0 spiro atoms. The van der Waals surface area contributed by atoms with Gasteiger partial charge in [-0.25, -0.2) is 4.79 Å². The number of carbonyl (C=O) groups is 3. The lowest BCUT2D eigenvalue weighted by molar-refractivity contribution is -0.122. The van der Waals surface area contributed by atoms with Gasteiger partial charge < -0.3 is 24.4 Å². The molecule has 0 aromatic heterocycles. The third-order valence-corrected chi connectivity index (χ3v) is 4.83. The molecule has 1 aromatic carbocycles. The fraction of sp³-hybridized carbons (Fsp3) is 0.550. The summed E-state index contributed by atoms with van der Waals surface area (Å²) in [6, 6.07) is 5.10. The number of ketones is 1. The first-order chi connectivity index (χ1) is 13.6. The third-order valence-electron chi connectivity index (χ3n) is 4.83. The Kier molecular flexibility index (Phi) is 6.73. The van der Waals surface area contributed by atoms with Crippen LogP contribution in [0.25, 0.3) is 0 Å². The SMILES string of the molecule is CCOC(=O)N1CCC(NC(=O)CCC(=O)c2ccc3c(c2)OCCO3)CC1. The van der Waals surface area contributed by atoms with Gasteiger partial charge >= 0.3 is 6.09 Å². The Balaban J connectivity index is 1.41. The fourth-order valence-corrected chi connectivity index (χ4v) is 3.31. The smallest absolute Gasteiger partial charge is 0.409 e. The van der Waals surface area contributed by atoms with Gasteiger partial charge in [0, 0.05) is 37.5 Å². The summed E-state index contributed by atoms with van der Waals surface area (Å²) in [5, 5.41) is 2.95. The van der Waals surface area contributed by atoms with Gasteiger partial charge in [0.05, 0.1) is 6.61 Å². The van der Waals surface area contributed by atoms with Crippen LogP contribution in [0.15, 0.2) is 18.2 Å². The van der Waals surface area contributed by atoms with Crippen molar-refractivity contribution in [1.82, 2.24) is 10.2 Å². The van der Waals surface area contributed by atoms with Crippen LogP contribution in [-0.4, -0.2) is 61.6 Å². The number of likely N-dealkylation sites (tertiary alicyclic amines) is 1. The van der Waals surface area contributed by atoms with E-state index in [2.05, 4.69) is 5.32 Å². The Morgan fingerprint density at radius 3 is 2.54 bits per heavy atom. The van der Waals surface area contributed by atoms with E-state index in [1.807, 2.05) is 0 Å². The highest BCUT2D eigenvalue weighted by Gasteiger charge is 2.24. The summed E-state index contributed by atoms with van der Waals surface area (Å²) in [6.45, 7) is 4.20. The number of hydrogen-bond donors (Lipinski definition) is 1. The first-order valence-electron chi connectivity index (χ1n) is 9.70. The van der Waals surface area contributed by atoms with E-state index in [0.29, 0.717) is 62.8 Å². The third kappa shape index (κ3) is 5.15. The first kappa shape index (κ1) is 20.0. The molecule has 3 rings (SSSR count). The van der Waals surface area contributed by atoms with E-state index in [0.717, 1.165) is 0 Å². The van der Waals surface area contributed by atoms with Gasteiger partial charge in [-0.05, 0) is 38.0 Å². The highest BCUT2D eigenvalue weighted by molar-refractivity contribution is 5.98. The molecule has 2 heterocycles. The second kappa shape index (κ2) is 9.43. The van der Waals surface area contributed by atoms with E-state index in [4.69, 9.17) is 14.2 Å². The predicted molar refractivity (Wildman–Crippen MR) is 101 cm³/mol. The molecule has 1 aromatic rings. The summed E-state index contributed by atoms with van der Waals surface area (Å²) in [5.41, 5.74) is 0.514. The molecule has 28 heavy (non-hydrogen) atoms. The average Bonchev–Trinajstić information content (AvgIpc) is 2.72. The van der Waals surface area contributed by atoms with Crippen molar-refractivity contribution in [3.8, 4) is 11.5 Å². The van der Waals surface area contributed by atoms with Crippen molar-refractivity contribution in [3.05, 3.63) is 23.8 Å². The number of hydrogen-bond acceptors (Lipinski definition) is 6. The zero-order valence-corrected chi connectivity index (χ0v) is 16.1. The molecular weight excluding hydrogens is 364 g/mol. The number of piperidine rings is 1. The van der Waals surface area contributed by atoms with E-state index in [-0.39, 0.29) is 36.7 Å². The van der Waals surface area contributed by atoms with Crippen LogP contribution >= 0.6 is 0 Å². The molecule has 1 saturated heterocycles. The molecule has 2 aliphatic rings. The van der Waals surface area contributed by atoms with Crippen LogP contribution in [0.4, 0.5) is 4.79 Å². The minimum Gasteiger partial charge on any atom is -0.486 e. The number of ether oxygens (including phenoxy) is 3. The Hall–Kier alpha value is -2.77. The molecule has 8 heteroatoms. The predicted octanol–water partition coefficient (Wildman–Crippen LogP) is 2.16. The van der Waals surface area contributed by atoms with Crippen molar-refractivity contribution in [2.45, 2.75) is 38.6 Å². The van der Waals surface area contributed by atoms with Crippen molar-refractivity contribution < 1.29 is 28.6 Å². The molecule has 2 amide bonds. The lowest BCUT2D eigenvalue weighted by atomic mass is 10.0. The second-order valence-corrected chi connectivity index (χ2v) is 6.81. The summed E-state index contributed by atoms with van der Waals surface area (Å²) >= 11 is 0. The number of amides is 2. The van der Waals surface area contributed by atoms with Crippen molar-refractivity contribution >= 4 is 17.8 Å². The number of nitrogens with one attached hydrogen (secondary N) is 1. The molecule has 0 radical (unpaired) electrons. The normalized spacial score (nSPS) is 16.4. The fourth-order valence-electron chi connectivity index (χ4n) is 3.31. The topological polar surface area (TPSA) is 94.2 Å². The van der Waals surface area contributed by atoms with Gasteiger partial charge in [0.1, 0.15) is 13.2 Å². The van der Waals surface area contributed by atoms with Gasteiger partial charge in [-0.1, -0.05) is 0 Å². The highest BCUT2D eigenvalue weighted by atomic mass is 16.6. The number of benzene rings is 1. The van der Waals surface area contributed by atoms with Crippen LogP contribution in [0, 0.1) is 0 Å². The quantitative estimate of drug-likeness (QED) is 0.748. The summed E-state index contributed by atoms with van der Waals surface area (Å²) in [6.07, 6.45) is 1.32. The lowest BCUT2D eigenvalue weighted by Crippen LogP contribution is -2.46. The maximum absolute atomic E-state index is 12.4. The average molecular weight is 390 g/mol. The van der Waals surface area contributed by atoms with Crippen molar-refractivity contribution in [2.75, 3.05) is 32.9 Å². The van der Waals surface area contributed by atoms with Crippen LogP contribution in [0.2, 0.25) is 0 Å². The van der Waals surface area contributed by atoms with Gasteiger partial charge in [-0.2, -0.15) is 0 Å². The minimum atomic E-state index is -0.308. The number of Topliss-reactive ketones (excluding diaryl/α,β-unsaturated/α-hetero) is 1. The van der Waals surface area contributed by atoms with Crippen molar-refractivity contribution in [1.29, 1.82) is 0 Å². The molecule has 152 valence electrons. The number of carbonyl (C=O) groups excluding carboxylic acids is 3. The van der Waals surface area contributed by atoms with E-state index < -0.39 is 0 Å². The standard InChI is InChI=1S/C20H26N2O6/c1-2-26-20(25)22-9-7-15(8-10-22)21-19(24)6-4-16(23)14-3-5-17-18(13-14)28-12-11-27-17/h3,5,13,15H,2,4,6-12H2,1H3,(H,21,24). The van der Waals surface area contributed by atoms with Crippen LogP contribution in [0.1, 0.15) is 43.0 Å². The Labute approximate surface area is 164 Å². The van der Waals surface area contributed by atoms with E-state index in [1.165, 1.54) is 0 Å². The lowest BCUT2D eigenvalue weighted by Gasteiger charge is -2.31. The first-order valence-corrected chi connectivity index (χ1v) is 9.70. The molecular formula is C20H26N2O6. The molecule has 0 saturated carbocycles. The van der Waals surface area contributed by atoms with Crippen LogP contribution in [0.5, 0.6) is 11.5 Å². The van der Waals surface area contributed by atoms with Gasteiger partial charge in [-0.15, -0.1) is 0 Å². The zero-order chi connectivity index (χ0) is 19.9. The van der Waals surface area contributed by atoms with E-state index >= 15 is 0 Å². The summed E-state index contributed by atoms with van der Waals surface area (Å²) in [5.74, 6) is 0.939. The maximum Gasteiger partial charge on any atom is 0.409 e. The zero-order valence-electron chi connectivity index (χ0n) is 16.1. The molecule has 8 nitrogen and oxygen atoms in total. The van der Waals surface area contributed by atoms with Gasteiger partial charge in [0.25, 0.3) is 0 Å². The van der Waals surface area contributed by atoms with Crippen LogP contribution in [0.3, 0.4) is 0 Å². The number of nitrogens with zero attached hydrogens (tertiary/aromatic N) is 1. The van der Waals surface area contributed by atoms with Crippen molar-refractivity contribution in [3.63, 3.8) is 0 Å². The maximum atomic E-state index is 12.4. The molecule has 2 aliphatic heterocycles. The van der Waals surface area contributed by atoms with Gasteiger partial charge in [0.15, 0.2) is 17.3 Å². The Bertz CT molecular complexity index is 727. The molecule has 0 unspecified atom stereocenters. The largest absolute Gasteiger partial charge is 0.486 e. The van der Waals surface area contributed by atoms with Crippen LogP contribution < -0.4 is 14.8 Å². The molecule has 0 atom stereocenters. The Morgan fingerprint density at radius 1 is 1.11 bits per heavy atom. The molecule has 1 fully saturated rings. The molecule has 0 bridgehead atoms. The summed E-state index contributed by atoms with van der Waals surface area (Å²) in [7, 11) is 0. The minimum absolute atomic E-state index is 0.0163. The van der Waals surface area contributed by atoms with Gasteiger partial charge in [-0.3, -0.25) is 9.59 Å². The summed E-state index contributed by atoms with van der Waals surface area (Å²) in [4.78, 5) is 37.9. The molecule has 1 N–H and O–H groups in total. The number of fused-ring (bicyclic) bond motifs is 1. The second-order valence-electron chi connectivity index (χ2n) is 6.81. The number of rotatable bonds is 6. The Morgan fingerprint density at radius 2 is 1.82 bits per heavy atom. The van der Waals surface area contributed by atoms with Crippen LogP contribution in [-0.2, 0) is 9.53 Å². The van der Waals surface area contributed by atoms with E-state index in [1.54, 1.807) is 30.0 Å². The van der Waals surface area contributed by atoms with Gasteiger partial charge in [0.2, 0.25) is 5.91 Å².